The van der Waals surface area contributed by atoms with E-state index in [1.807, 2.05) is 12.1 Å². The minimum Gasteiger partial charge on any atom is -0.492 e. The average molecular weight is 307 g/mol. The third-order valence-corrected chi connectivity index (χ3v) is 3.54. The van der Waals surface area contributed by atoms with E-state index in [2.05, 4.69) is 5.32 Å². The number of piperazine rings is 1. The maximum atomic E-state index is 11.5. The molecule has 1 unspecified atom stereocenters. The first-order valence-corrected chi connectivity index (χ1v) is 6.98. The van der Waals surface area contributed by atoms with E-state index < -0.39 is 0 Å². The Morgan fingerprint density at radius 3 is 3.00 bits per heavy atom. The number of imide groups is 1. The second-order valence-electron chi connectivity index (χ2n) is 4.80. The van der Waals surface area contributed by atoms with E-state index in [1.165, 1.54) is 0 Å². The third kappa shape index (κ3) is 3.99. The van der Waals surface area contributed by atoms with Gasteiger partial charge in [0.15, 0.2) is 0 Å². The maximum Gasteiger partial charge on any atom is 0.243 e. The molecule has 1 aromatic rings. The first kappa shape index (κ1) is 15.4. The summed E-state index contributed by atoms with van der Waals surface area (Å²) < 4.78 is 5.62. The van der Waals surface area contributed by atoms with Crippen LogP contribution in [-0.4, -0.2) is 47.4 Å². The van der Waals surface area contributed by atoms with Crippen LogP contribution in [0.1, 0.15) is 12.5 Å². The summed E-state index contributed by atoms with van der Waals surface area (Å²) in [4.78, 5) is 25.0. The number of carbonyl (C=O) groups excluding carboxylic acids is 2. The van der Waals surface area contributed by atoms with Crippen molar-refractivity contribution in [1.82, 2.24) is 10.2 Å². The molecule has 0 aromatic heterocycles. The Kier molecular flexibility index (Phi) is 4.87. The topological polar surface area (TPSA) is 84.7 Å². The monoisotopic (exact) mass is 307 g/mol. The predicted octanol–water partition coefficient (Wildman–Crippen LogP) is 0.0465. The van der Waals surface area contributed by atoms with Gasteiger partial charge >= 0.3 is 0 Å². The first-order chi connectivity index (χ1) is 9.97. The van der Waals surface area contributed by atoms with Crippen LogP contribution in [0.4, 0.5) is 0 Å². The highest BCUT2D eigenvalue weighted by Crippen LogP contribution is 2.13. The van der Waals surface area contributed by atoms with E-state index in [9.17, 15) is 9.59 Å². The first-order valence-electron chi connectivity index (χ1n) is 6.58. The summed E-state index contributed by atoms with van der Waals surface area (Å²) in [5.74, 6) is 0.0936. The van der Waals surface area contributed by atoms with Gasteiger partial charge in [-0.2, -0.15) is 0 Å². The molecule has 1 atom stereocenters. The van der Waals surface area contributed by atoms with E-state index in [-0.39, 0.29) is 24.4 Å². The second-order valence-corrected chi connectivity index (χ2v) is 5.24. The van der Waals surface area contributed by atoms with Crippen molar-refractivity contribution in [3.8, 4) is 5.75 Å². The van der Waals surface area contributed by atoms with E-state index in [0.29, 0.717) is 23.9 Å². The van der Waals surface area contributed by atoms with Gasteiger partial charge in [-0.25, -0.2) is 0 Å². The molecule has 2 rings (SSSR count). The summed E-state index contributed by atoms with van der Waals surface area (Å²) in [7, 11) is 0. The quantitative estimate of drug-likeness (QED) is 0.590. The van der Waals surface area contributed by atoms with E-state index in [1.54, 1.807) is 24.0 Å². The minimum atomic E-state index is -0.339. The molecule has 6 nitrogen and oxygen atoms in total. The number of ether oxygens (including phenoxy) is 1. The Morgan fingerprint density at radius 2 is 2.29 bits per heavy atom. The molecule has 21 heavy (non-hydrogen) atoms. The number of hydrogen-bond acceptors (Lipinski definition) is 5. The van der Waals surface area contributed by atoms with Gasteiger partial charge in [-0.15, -0.1) is 0 Å². The Labute approximate surface area is 128 Å². The van der Waals surface area contributed by atoms with Crippen molar-refractivity contribution in [3.05, 3.63) is 29.8 Å². The van der Waals surface area contributed by atoms with Crippen molar-refractivity contribution < 1.29 is 14.3 Å². The molecule has 0 aliphatic carbocycles. The number of carbonyl (C=O) groups is 2. The number of amides is 2. The van der Waals surface area contributed by atoms with Gasteiger partial charge in [0.2, 0.25) is 11.8 Å². The lowest BCUT2D eigenvalue weighted by Crippen LogP contribution is -2.57. The fourth-order valence-electron chi connectivity index (χ4n) is 2.06. The molecule has 1 saturated heterocycles. The van der Waals surface area contributed by atoms with Crippen LogP contribution in [0, 0.1) is 0 Å². The molecule has 7 heteroatoms. The molecular weight excluding hydrogens is 290 g/mol. The lowest BCUT2D eigenvalue weighted by atomic mass is 10.2. The molecule has 1 aliphatic rings. The minimum absolute atomic E-state index is 0.198. The summed E-state index contributed by atoms with van der Waals surface area (Å²) in [6.07, 6.45) is 0. The number of nitrogens with one attached hydrogen (secondary N) is 1. The second kappa shape index (κ2) is 6.64. The predicted molar refractivity (Wildman–Crippen MR) is 82.0 cm³/mol. The van der Waals surface area contributed by atoms with Gasteiger partial charge in [0.25, 0.3) is 0 Å². The molecule has 0 saturated carbocycles. The van der Waals surface area contributed by atoms with Crippen LogP contribution in [0.3, 0.4) is 0 Å². The largest absolute Gasteiger partial charge is 0.492 e. The highest BCUT2D eigenvalue weighted by Gasteiger charge is 2.29. The van der Waals surface area contributed by atoms with Crippen LogP contribution in [0.25, 0.3) is 0 Å². The summed E-state index contributed by atoms with van der Waals surface area (Å²) in [5.41, 5.74) is 6.30. The Bertz CT molecular complexity index is 576. The van der Waals surface area contributed by atoms with Crippen LogP contribution in [0.5, 0.6) is 5.75 Å². The summed E-state index contributed by atoms with van der Waals surface area (Å²) in [5, 5.41) is 2.30. The fraction of sp³-hybridized carbons (Fsp3) is 0.357. The molecule has 0 radical (unpaired) electrons. The average Bonchev–Trinajstić information content (AvgIpc) is 2.44. The molecule has 1 fully saturated rings. The number of nitrogens with two attached hydrogens (primary N) is 1. The Morgan fingerprint density at radius 1 is 1.52 bits per heavy atom. The van der Waals surface area contributed by atoms with E-state index >= 15 is 0 Å². The zero-order valence-corrected chi connectivity index (χ0v) is 12.5. The highest BCUT2D eigenvalue weighted by atomic mass is 32.1. The van der Waals surface area contributed by atoms with Crippen LogP contribution in [-0.2, 0) is 9.59 Å². The number of benzene rings is 1. The van der Waals surface area contributed by atoms with Gasteiger partial charge in [-0.3, -0.25) is 19.8 Å². The molecule has 1 heterocycles. The summed E-state index contributed by atoms with van der Waals surface area (Å²) in [6.45, 7) is 2.81. The van der Waals surface area contributed by atoms with Gasteiger partial charge in [0, 0.05) is 12.1 Å². The summed E-state index contributed by atoms with van der Waals surface area (Å²) >= 11 is 4.91. The van der Waals surface area contributed by atoms with Crippen molar-refractivity contribution in [2.24, 2.45) is 5.73 Å². The SMILES string of the molecule is CC1C(=O)NC(=O)CN1CCOc1cccc(C(N)=S)c1. The van der Waals surface area contributed by atoms with Crippen molar-refractivity contribution >= 4 is 29.0 Å². The molecule has 0 bridgehead atoms. The van der Waals surface area contributed by atoms with Crippen molar-refractivity contribution in [2.45, 2.75) is 13.0 Å². The lowest BCUT2D eigenvalue weighted by Gasteiger charge is -2.31. The molecule has 1 aliphatic heterocycles. The molecular formula is C14H17N3O3S. The van der Waals surface area contributed by atoms with Gasteiger partial charge in [0.05, 0.1) is 12.6 Å². The molecule has 112 valence electrons. The van der Waals surface area contributed by atoms with E-state index in [0.717, 1.165) is 5.56 Å². The normalized spacial score (nSPS) is 19.2. The molecule has 1 aromatic carbocycles. The number of thiocarbonyl (C=S) groups is 1. The Hall–Kier alpha value is -1.99. The van der Waals surface area contributed by atoms with Gasteiger partial charge in [-0.1, -0.05) is 24.4 Å². The van der Waals surface area contributed by atoms with Crippen LogP contribution >= 0.6 is 12.2 Å². The third-order valence-electron chi connectivity index (χ3n) is 3.30. The zero-order chi connectivity index (χ0) is 15.4. The fourth-order valence-corrected chi connectivity index (χ4v) is 2.19. The van der Waals surface area contributed by atoms with Crippen LogP contribution < -0.4 is 15.8 Å². The lowest BCUT2D eigenvalue weighted by molar-refractivity contribution is -0.139. The van der Waals surface area contributed by atoms with Crippen LogP contribution in [0.15, 0.2) is 24.3 Å². The smallest absolute Gasteiger partial charge is 0.243 e. The van der Waals surface area contributed by atoms with Crippen molar-refractivity contribution in [1.29, 1.82) is 0 Å². The molecule has 2 amide bonds. The van der Waals surface area contributed by atoms with Gasteiger partial charge < -0.3 is 10.5 Å². The van der Waals surface area contributed by atoms with Crippen molar-refractivity contribution in [3.63, 3.8) is 0 Å². The maximum absolute atomic E-state index is 11.5. The summed E-state index contributed by atoms with van der Waals surface area (Å²) in [6, 6.07) is 6.85. The van der Waals surface area contributed by atoms with Gasteiger partial charge in [-0.05, 0) is 19.1 Å². The molecule has 3 N–H and O–H groups in total. The van der Waals surface area contributed by atoms with Crippen molar-refractivity contribution in [2.75, 3.05) is 19.7 Å². The molecule has 0 spiro atoms. The van der Waals surface area contributed by atoms with Crippen LogP contribution in [0.2, 0.25) is 0 Å². The Balaban J connectivity index is 1.89. The number of rotatable bonds is 5. The standard InChI is InChI=1S/C14H17N3O3S/c1-9-14(19)16-12(18)8-17(9)5-6-20-11-4-2-3-10(7-11)13(15)21/h2-4,7,9H,5-6,8H2,1H3,(H2,15,21)(H,16,18,19). The number of nitrogens with zero attached hydrogens (tertiary/aromatic N) is 1. The van der Waals surface area contributed by atoms with E-state index in [4.69, 9.17) is 22.7 Å². The highest BCUT2D eigenvalue weighted by molar-refractivity contribution is 7.80. The van der Waals surface area contributed by atoms with Gasteiger partial charge in [0.1, 0.15) is 17.3 Å². The number of hydrogen-bond donors (Lipinski definition) is 2. The zero-order valence-electron chi connectivity index (χ0n) is 11.7.